The van der Waals surface area contributed by atoms with E-state index in [0.717, 1.165) is 41.5 Å². The number of aromatic nitrogens is 3. The SMILES string of the molecule is Cc1ccc(-n2cnnc2SCC(=O)N2CCCc3ccccc32)c(C)c1. The fourth-order valence-electron chi connectivity index (χ4n) is 3.56. The third kappa shape index (κ3) is 3.62. The van der Waals surface area contributed by atoms with Crippen molar-refractivity contribution in [3.63, 3.8) is 0 Å². The maximum absolute atomic E-state index is 12.9. The van der Waals surface area contributed by atoms with Gasteiger partial charge in [0.2, 0.25) is 5.91 Å². The van der Waals surface area contributed by atoms with Gasteiger partial charge in [-0.1, -0.05) is 47.7 Å². The molecule has 0 fully saturated rings. The lowest BCUT2D eigenvalue weighted by molar-refractivity contribution is -0.116. The van der Waals surface area contributed by atoms with Gasteiger partial charge in [0, 0.05) is 12.2 Å². The number of para-hydroxylation sites is 1. The van der Waals surface area contributed by atoms with Gasteiger partial charge in [-0.05, 0) is 49.9 Å². The van der Waals surface area contributed by atoms with Crippen LogP contribution in [0.15, 0.2) is 53.9 Å². The van der Waals surface area contributed by atoms with Crippen LogP contribution < -0.4 is 4.90 Å². The molecule has 1 aromatic heterocycles. The summed E-state index contributed by atoms with van der Waals surface area (Å²) in [5.41, 5.74) is 5.72. The molecule has 0 aliphatic carbocycles. The van der Waals surface area contributed by atoms with Crippen LogP contribution in [0.5, 0.6) is 0 Å². The van der Waals surface area contributed by atoms with E-state index in [2.05, 4.69) is 48.3 Å². The van der Waals surface area contributed by atoms with E-state index in [0.29, 0.717) is 5.75 Å². The highest BCUT2D eigenvalue weighted by Gasteiger charge is 2.22. The Labute approximate surface area is 163 Å². The van der Waals surface area contributed by atoms with E-state index in [9.17, 15) is 4.79 Å². The fourth-order valence-corrected chi connectivity index (χ4v) is 4.36. The number of carbonyl (C=O) groups excluding carboxylic acids is 1. The summed E-state index contributed by atoms with van der Waals surface area (Å²) in [5, 5.41) is 9.02. The van der Waals surface area contributed by atoms with Gasteiger partial charge in [-0.15, -0.1) is 10.2 Å². The zero-order chi connectivity index (χ0) is 18.8. The number of hydrogen-bond donors (Lipinski definition) is 0. The molecule has 3 aromatic rings. The number of nitrogens with zero attached hydrogens (tertiary/aromatic N) is 4. The minimum Gasteiger partial charge on any atom is -0.311 e. The number of aryl methyl sites for hydroxylation is 3. The predicted molar refractivity (Wildman–Crippen MR) is 109 cm³/mol. The van der Waals surface area contributed by atoms with Gasteiger partial charge in [0.05, 0.1) is 11.4 Å². The predicted octanol–water partition coefficient (Wildman–Crippen LogP) is 3.96. The lowest BCUT2D eigenvalue weighted by Gasteiger charge is -2.29. The second kappa shape index (κ2) is 7.56. The molecule has 6 heteroatoms. The lowest BCUT2D eigenvalue weighted by Crippen LogP contribution is -2.36. The number of hydrogen-bond acceptors (Lipinski definition) is 4. The van der Waals surface area contributed by atoms with Crippen molar-refractivity contribution in [2.45, 2.75) is 31.8 Å². The maximum Gasteiger partial charge on any atom is 0.237 e. The summed E-state index contributed by atoms with van der Waals surface area (Å²) < 4.78 is 1.96. The summed E-state index contributed by atoms with van der Waals surface area (Å²) >= 11 is 1.44. The third-order valence-electron chi connectivity index (χ3n) is 4.86. The summed E-state index contributed by atoms with van der Waals surface area (Å²) in [4.78, 5) is 14.8. The fraction of sp³-hybridized carbons (Fsp3) is 0.286. The largest absolute Gasteiger partial charge is 0.311 e. The van der Waals surface area contributed by atoms with E-state index in [1.54, 1.807) is 6.33 Å². The van der Waals surface area contributed by atoms with Gasteiger partial charge in [-0.3, -0.25) is 9.36 Å². The summed E-state index contributed by atoms with van der Waals surface area (Å²) in [6.45, 7) is 4.93. The number of amides is 1. The number of carbonyl (C=O) groups is 1. The summed E-state index contributed by atoms with van der Waals surface area (Å²) in [6, 6.07) is 14.5. The molecule has 0 atom stereocenters. The van der Waals surface area contributed by atoms with Crippen LogP contribution in [0.4, 0.5) is 5.69 Å². The van der Waals surface area contributed by atoms with Crippen LogP contribution in [0.25, 0.3) is 5.69 Å². The third-order valence-corrected chi connectivity index (χ3v) is 5.79. The molecule has 0 saturated heterocycles. The topological polar surface area (TPSA) is 51.0 Å². The van der Waals surface area contributed by atoms with E-state index in [-0.39, 0.29) is 5.91 Å². The van der Waals surface area contributed by atoms with E-state index < -0.39 is 0 Å². The molecule has 5 nitrogen and oxygen atoms in total. The molecule has 2 aromatic carbocycles. The van der Waals surface area contributed by atoms with Gasteiger partial charge < -0.3 is 4.90 Å². The first-order valence-corrected chi connectivity index (χ1v) is 10.1. The molecule has 0 N–H and O–H groups in total. The number of fused-ring (bicyclic) bond motifs is 1. The molecule has 0 bridgehead atoms. The Kier molecular flexibility index (Phi) is 4.99. The molecule has 2 heterocycles. The zero-order valence-electron chi connectivity index (χ0n) is 15.6. The number of thioether (sulfide) groups is 1. The van der Waals surface area contributed by atoms with Crippen molar-refractivity contribution in [3.8, 4) is 5.69 Å². The monoisotopic (exact) mass is 378 g/mol. The Morgan fingerprint density at radius 3 is 2.85 bits per heavy atom. The smallest absolute Gasteiger partial charge is 0.237 e. The highest BCUT2D eigenvalue weighted by molar-refractivity contribution is 7.99. The Hall–Kier alpha value is -2.60. The minimum atomic E-state index is 0.113. The maximum atomic E-state index is 12.9. The molecule has 1 aliphatic heterocycles. The van der Waals surface area contributed by atoms with Crippen molar-refractivity contribution < 1.29 is 4.79 Å². The molecule has 27 heavy (non-hydrogen) atoms. The quantitative estimate of drug-likeness (QED) is 0.645. The highest BCUT2D eigenvalue weighted by atomic mass is 32.2. The minimum absolute atomic E-state index is 0.113. The molecule has 0 radical (unpaired) electrons. The van der Waals surface area contributed by atoms with Gasteiger partial charge in [0.1, 0.15) is 6.33 Å². The van der Waals surface area contributed by atoms with Crippen LogP contribution in [0.3, 0.4) is 0 Å². The van der Waals surface area contributed by atoms with Crippen LogP contribution in [-0.4, -0.2) is 33.0 Å². The molecule has 1 aliphatic rings. The Morgan fingerprint density at radius 1 is 1.15 bits per heavy atom. The average Bonchev–Trinajstić information content (AvgIpc) is 3.14. The molecular weight excluding hydrogens is 356 g/mol. The summed E-state index contributed by atoms with van der Waals surface area (Å²) in [7, 11) is 0. The first kappa shape index (κ1) is 17.8. The van der Waals surface area contributed by atoms with E-state index >= 15 is 0 Å². The van der Waals surface area contributed by atoms with Gasteiger partial charge in [-0.25, -0.2) is 0 Å². The van der Waals surface area contributed by atoms with Gasteiger partial charge >= 0.3 is 0 Å². The van der Waals surface area contributed by atoms with Crippen molar-refractivity contribution >= 4 is 23.4 Å². The summed E-state index contributed by atoms with van der Waals surface area (Å²) in [6.07, 6.45) is 3.75. The number of anilines is 1. The molecule has 138 valence electrons. The number of benzene rings is 2. The van der Waals surface area contributed by atoms with Crippen LogP contribution in [-0.2, 0) is 11.2 Å². The van der Waals surface area contributed by atoms with Crippen molar-refractivity contribution in [2.75, 3.05) is 17.2 Å². The summed E-state index contributed by atoms with van der Waals surface area (Å²) in [5.74, 6) is 0.458. The van der Waals surface area contributed by atoms with Crippen LogP contribution in [0, 0.1) is 13.8 Å². The second-order valence-corrected chi connectivity index (χ2v) is 7.78. The Balaban J connectivity index is 1.51. The van der Waals surface area contributed by atoms with Gasteiger partial charge in [-0.2, -0.15) is 0 Å². The van der Waals surface area contributed by atoms with Crippen molar-refractivity contribution in [3.05, 3.63) is 65.5 Å². The normalized spacial score (nSPS) is 13.5. The van der Waals surface area contributed by atoms with E-state index in [1.165, 1.54) is 22.9 Å². The van der Waals surface area contributed by atoms with Gasteiger partial charge in [0.25, 0.3) is 0 Å². The van der Waals surface area contributed by atoms with E-state index in [4.69, 9.17) is 0 Å². The molecule has 1 amide bonds. The van der Waals surface area contributed by atoms with Crippen molar-refractivity contribution in [1.29, 1.82) is 0 Å². The lowest BCUT2D eigenvalue weighted by atomic mass is 10.0. The molecule has 4 rings (SSSR count). The van der Waals surface area contributed by atoms with Crippen molar-refractivity contribution in [2.24, 2.45) is 0 Å². The Bertz CT molecular complexity index is 982. The van der Waals surface area contributed by atoms with Crippen LogP contribution >= 0.6 is 11.8 Å². The first-order chi connectivity index (χ1) is 13.1. The van der Waals surface area contributed by atoms with Gasteiger partial charge in [0.15, 0.2) is 5.16 Å². The zero-order valence-corrected chi connectivity index (χ0v) is 16.4. The first-order valence-electron chi connectivity index (χ1n) is 9.12. The van der Waals surface area contributed by atoms with E-state index in [1.807, 2.05) is 27.7 Å². The number of rotatable bonds is 4. The standard InChI is InChI=1S/C21H22N4OS/c1-15-9-10-18(16(2)12-15)25-14-22-23-21(25)27-13-20(26)24-11-5-7-17-6-3-4-8-19(17)24/h3-4,6,8-10,12,14H,5,7,11,13H2,1-2H3. The molecule has 0 unspecified atom stereocenters. The molecular formula is C21H22N4OS. The van der Waals surface area contributed by atoms with Crippen LogP contribution in [0.1, 0.15) is 23.1 Å². The van der Waals surface area contributed by atoms with Crippen molar-refractivity contribution in [1.82, 2.24) is 14.8 Å². The second-order valence-electron chi connectivity index (χ2n) is 6.84. The van der Waals surface area contributed by atoms with Crippen LogP contribution in [0.2, 0.25) is 0 Å². The average molecular weight is 379 g/mol. The Morgan fingerprint density at radius 2 is 2.00 bits per heavy atom. The highest BCUT2D eigenvalue weighted by Crippen LogP contribution is 2.28. The molecule has 0 spiro atoms. The molecule has 0 saturated carbocycles.